The fourth-order valence-electron chi connectivity index (χ4n) is 3.10. The minimum atomic E-state index is -0.148. The Morgan fingerprint density at radius 1 is 0.964 bits per heavy atom. The van der Waals surface area contributed by atoms with Crippen molar-refractivity contribution in [2.45, 2.75) is 6.54 Å². The Kier molecular flexibility index (Phi) is 5.09. The van der Waals surface area contributed by atoms with Crippen molar-refractivity contribution >= 4 is 17.6 Å². The van der Waals surface area contributed by atoms with E-state index in [4.69, 9.17) is 8.83 Å². The molecule has 3 aromatic rings. The SMILES string of the molecule is O=C(c1ccnc(NCc2ccco2)c1)N1CCN(C(=O)c2ccco2)CC1. The molecule has 144 valence electrons. The number of piperazine rings is 1. The standard InChI is InChI=1S/C20H20N4O4/c25-19(15-5-6-21-18(13-15)22-14-16-3-1-11-27-16)23-7-9-24(10-8-23)20(26)17-4-2-12-28-17/h1-6,11-13H,7-10,14H2,(H,21,22). The first-order chi connectivity index (χ1) is 13.7. The minimum absolute atomic E-state index is 0.0754. The van der Waals surface area contributed by atoms with Gasteiger partial charge < -0.3 is 24.0 Å². The van der Waals surface area contributed by atoms with Crippen molar-refractivity contribution in [1.29, 1.82) is 0 Å². The number of nitrogens with zero attached hydrogens (tertiary/aromatic N) is 3. The van der Waals surface area contributed by atoms with Crippen molar-refractivity contribution in [2.75, 3.05) is 31.5 Å². The van der Waals surface area contributed by atoms with Crippen LogP contribution in [0, 0.1) is 0 Å². The van der Waals surface area contributed by atoms with E-state index < -0.39 is 0 Å². The Morgan fingerprint density at radius 2 is 1.68 bits per heavy atom. The number of carbonyl (C=O) groups excluding carboxylic acids is 2. The first kappa shape index (κ1) is 17.8. The summed E-state index contributed by atoms with van der Waals surface area (Å²) in [5.41, 5.74) is 0.558. The van der Waals surface area contributed by atoms with Crippen LogP contribution in [0.1, 0.15) is 26.7 Å². The highest BCUT2D eigenvalue weighted by atomic mass is 16.3. The lowest BCUT2D eigenvalue weighted by atomic mass is 10.2. The van der Waals surface area contributed by atoms with Crippen molar-refractivity contribution < 1.29 is 18.4 Å². The quantitative estimate of drug-likeness (QED) is 0.731. The van der Waals surface area contributed by atoms with E-state index in [1.807, 2.05) is 12.1 Å². The highest BCUT2D eigenvalue weighted by Crippen LogP contribution is 2.14. The van der Waals surface area contributed by atoms with Gasteiger partial charge in [0.1, 0.15) is 11.6 Å². The number of anilines is 1. The van der Waals surface area contributed by atoms with Crippen LogP contribution in [0.5, 0.6) is 0 Å². The lowest BCUT2D eigenvalue weighted by Crippen LogP contribution is -2.50. The molecule has 0 bridgehead atoms. The monoisotopic (exact) mass is 380 g/mol. The van der Waals surface area contributed by atoms with Gasteiger partial charge >= 0.3 is 0 Å². The average Bonchev–Trinajstić information content (AvgIpc) is 3.46. The van der Waals surface area contributed by atoms with Crippen LogP contribution in [-0.4, -0.2) is 52.8 Å². The number of pyridine rings is 1. The second kappa shape index (κ2) is 7.99. The summed E-state index contributed by atoms with van der Waals surface area (Å²) in [4.78, 5) is 32.8. The fourth-order valence-corrected chi connectivity index (χ4v) is 3.10. The molecule has 1 aliphatic heterocycles. The van der Waals surface area contributed by atoms with E-state index in [9.17, 15) is 9.59 Å². The molecule has 1 N–H and O–H groups in total. The van der Waals surface area contributed by atoms with Gasteiger partial charge in [-0.25, -0.2) is 4.98 Å². The first-order valence-electron chi connectivity index (χ1n) is 9.05. The van der Waals surface area contributed by atoms with Gasteiger partial charge in [-0.3, -0.25) is 9.59 Å². The number of rotatable bonds is 5. The number of carbonyl (C=O) groups is 2. The molecule has 0 unspecified atom stereocenters. The number of hydrogen-bond donors (Lipinski definition) is 1. The van der Waals surface area contributed by atoms with Crippen molar-refractivity contribution in [3.8, 4) is 0 Å². The lowest BCUT2D eigenvalue weighted by Gasteiger charge is -2.34. The Labute approximate surface area is 161 Å². The number of nitrogens with one attached hydrogen (secondary N) is 1. The zero-order valence-electron chi connectivity index (χ0n) is 15.2. The predicted molar refractivity (Wildman–Crippen MR) is 101 cm³/mol. The summed E-state index contributed by atoms with van der Waals surface area (Å²) in [6.07, 6.45) is 4.70. The van der Waals surface area contributed by atoms with Crippen LogP contribution in [0.2, 0.25) is 0 Å². The molecule has 0 aromatic carbocycles. The van der Waals surface area contributed by atoms with Crippen LogP contribution in [0.3, 0.4) is 0 Å². The normalized spacial score (nSPS) is 14.1. The Balaban J connectivity index is 1.34. The molecule has 0 aliphatic carbocycles. The topological polar surface area (TPSA) is 91.8 Å². The highest BCUT2D eigenvalue weighted by molar-refractivity contribution is 5.95. The van der Waals surface area contributed by atoms with Gasteiger partial charge in [0.15, 0.2) is 5.76 Å². The third-order valence-corrected chi connectivity index (χ3v) is 4.62. The summed E-state index contributed by atoms with van der Waals surface area (Å²) in [6.45, 7) is 2.39. The van der Waals surface area contributed by atoms with Gasteiger partial charge in [-0.1, -0.05) is 0 Å². The number of aromatic nitrogens is 1. The van der Waals surface area contributed by atoms with E-state index in [1.165, 1.54) is 6.26 Å². The van der Waals surface area contributed by atoms with E-state index in [-0.39, 0.29) is 11.8 Å². The molecular weight excluding hydrogens is 360 g/mol. The number of amides is 2. The Bertz CT molecular complexity index is 929. The summed E-state index contributed by atoms with van der Waals surface area (Å²) in [5, 5.41) is 3.14. The summed E-state index contributed by atoms with van der Waals surface area (Å²) in [5.74, 6) is 1.49. The van der Waals surface area contributed by atoms with Crippen LogP contribution in [-0.2, 0) is 6.54 Å². The molecular formula is C20H20N4O4. The van der Waals surface area contributed by atoms with E-state index in [1.54, 1.807) is 46.5 Å². The van der Waals surface area contributed by atoms with Crippen LogP contribution in [0.15, 0.2) is 64.0 Å². The predicted octanol–water partition coefficient (Wildman–Crippen LogP) is 2.48. The second-order valence-electron chi connectivity index (χ2n) is 6.42. The van der Waals surface area contributed by atoms with Gasteiger partial charge in [0.05, 0.1) is 19.1 Å². The van der Waals surface area contributed by atoms with Gasteiger partial charge in [-0.15, -0.1) is 0 Å². The smallest absolute Gasteiger partial charge is 0.289 e. The Morgan fingerprint density at radius 3 is 2.36 bits per heavy atom. The molecule has 1 saturated heterocycles. The van der Waals surface area contributed by atoms with E-state index in [2.05, 4.69) is 10.3 Å². The van der Waals surface area contributed by atoms with Gasteiger partial charge in [0.2, 0.25) is 0 Å². The summed E-state index contributed by atoms with van der Waals surface area (Å²) in [7, 11) is 0. The van der Waals surface area contributed by atoms with Crippen molar-refractivity contribution in [3.63, 3.8) is 0 Å². The zero-order valence-corrected chi connectivity index (χ0v) is 15.2. The maximum atomic E-state index is 12.8. The maximum absolute atomic E-state index is 12.8. The van der Waals surface area contributed by atoms with Gasteiger partial charge in [-0.2, -0.15) is 0 Å². The van der Waals surface area contributed by atoms with Gasteiger partial charge in [0.25, 0.3) is 11.8 Å². The Hall–Kier alpha value is -3.55. The highest BCUT2D eigenvalue weighted by Gasteiger charge is 2.26. The summed E-state index contributed by atoms with van der Waals surface area (Å²) in [6, 6.07) is 10.4. The molecule has 0 spiro atoms. The fraction of sp³-hybridized carbons (Fsp3) is 0.250. The molecule has 4 rings (SSSR count). The molecule has 8 heteroatoms. The molecule has 1 fully saturated rings. The molecule has 4 heterocycles. The van der Waals surface area contributed by atoms with Crippen LogP contribution in [0.4, 0.5) is 5.82 Å². The van der Waals surface area contributed by atoms with E-state index in [0.29, 0.717) is 49.9 Å². The molecule has 0 saturated carbocycles. The van der Waals surface area contributed by atoms with Crippen LogP contribution in [0.25, 0.3) is 0 Å². The lowest BCUT2D eigenvalue weighted by molar-refractivity contribution is 0.0518. The molecule has 3 aromatic heterocycles. The van der Waals surface area contributed by atoms with Gasteiger partial charge in [0, 0.05) is 37.9 Å². The zero-order chi connectivity index (χ0) is 19.3. The molecule has 0 atom stereocenters. The molecule has 2 amide bonds. The minimum Gasteiger partial charge on any atom is -0.467 e. The first-order valence-corrected chi connectivity index (χ1v) is 9.05. The van der Waals surface area contributed by atoms with Crippen LogP contribution < -0.4 is 5.32 Å². The average molecular weight is 380 g/mol. The molecule has 8 nitrogen and oxygen atoms in total. The third kappa shape index (κ3) is 3.90. The van der Waals surface area contributed by atoms with E-state index in [0.717, 1.165) is 5.76 Å². The molecule has 0 radical (unpaired) electrons. The van der Waals surface area contributed by atoms with E-state index >= 15 is 0 Å². The summed E-state index contributed by atoms with van der Waals surface area (Å²) >= 11 is 0. The van der Waals surface area contributed by atoms with Gasteiger partial charge in [-0.05, 0) is 36.4 Å². The second-order valence-corrected chi connectivity index (χ2v) is 6.42. The molecule has 1 aliphatic rings. The summed E-state index contributed by atoms with van der Waals surface area (Å²) < 4.78 is 10.4. The van der Waals surface area contributed by atoms with Crippen molar-refractivity contribution in [1.82, 2.24) is 14.8 Å². The van der Waals surface area contributed by atoms with Crippen molar-refractivity contribution in [3.05, 3.63) is 72.2 Å². The largest absolute Gasteiger partial charge is 0.467 e. The van der Waals surface area contributed by atoms with Crippen LogP contribution >= 0.6 is 0 Å². The maximum Gasteiger partial charge on any atom is 0.289 e. The third-order valence-electron chi connectivity index (χ3n) is 4.62. The molecule has 28 heavy (non-hydrogen) atoms. The van der Waals surface area contributed by atoms with Crippen molar-refractivity contribution in [2.24, 2.45) is 0 Å². The number of furan rings is 2. The number of hydrogen-bond acceptors (Lipinski definition) is 6.